The molecule has 0 radical (unpaired) electrons. The number of carboxylic acids is 1. The Labute approximate surface area is 732 Å². The molecule has 5 N–H and O–H groups in total. The number of carbonyl (C=O) groups is 4. The van der Waals surface area contributed by atoms with Crippen LogP contribution in [0.2, 0.25) is 20.1 Å². The van der Waals surface area contributed by atoms with Gasteiger partial charge in [0.1, 0.15) is 49.0 Å². The number of aliphatic hydroxyl groups excluding tert-OH is 1. The molecular weight excluding hydrogens is 1820 g/mol. The first-order chi connectivity index (χ1) is 58.5. The summed E-state index contributed by atoms with van der Waals surface area (Å²) in [5.41, 5.74) is 1.56. The average molecular weight is 1890 g/mol. The van der Waals surface area contributed by atoms with Crippen molar-refractivity contribution in [2.75, 3.05) is 27.4 Å². The van der Waals surface area contributed by atoms with Gasteiger partial charge in [0, 0.05) is 59.4 Å². The van der Waals surface area contributed by atoms with E-state index in [4.69, 9.17) is 76.4 Å². The lowest BCUT2D eigenvalue weighted by Crippen LogP contribution is -2.25. The van der Waals surface area contributed by atoms with Crippen molar-refractivity contribution in [1.82, 2.24) is 16.9 Å². The van der Waals surface area contributed by atoms with Crippen LogP contribution in [0.4, 0.5) is 17.6 Å². The molecule has 0 spiro atoms. The SMILES string of the molecule is COC(=O)c1ccc[nH]1.COC(=O)c1cccn1S(=O)(=O)c1ccccc1.O=C(O)c1cccn1S(=O)(=O)c1ccccc1.O=C(O[C@@H](Cc1c(Cl)c[nH+]cc1Cl)c1ccc(OC(F)F)c(OCC2CC2)c1)c1cccn1S(=O)(=O)c1ccccc1.O=S(=O)(Cl)c1ccccc1.[O-][n+]1cc(Cl)c(C[C@H](O)c2ccc(OC(F)F)c(OCC3CC3)c2)c(Cl)c1.[OH-]. The number of H-pyrrole nitrogens is 2. The van der Waals surface area contributed by atoms with Gasteiger partial charge in [0.05, 0.1) is 53.1 Å². The van der Waals surface area contributed by atoms with Crippen molar-refractivity contribution in [3.05, 3.63) is 326 Å². The zero-order chi connectivity index (χ0) is 89.3. The standard InChI is InChI=1S/C29H24Cl2F2N2O6S.C18H17Cl2F2NO4.C12H11NO4S.C11H9NO4S.C6H5ClO2S.C6H7NO2.H2O/c30-22-15-34-16-23(31)21(22)14-26(19-10-11-25(41-29(32)33)27(13-19)39-17-18-8-9-18)40-28(36)24-7-4-12-35(24)42(37,38)20-5-2-1-3-6-20;19-13-7-23(25)8-14(20)12(13)6-15(24)11-3-4-16(27-18(21)22)17(5-11)26-9-10-1-2-10;1-17-12(14)11-8-5-9-13(11)18(15,16)10-6-3-2-4-7-10;13-11(14)10-7-4-8-12(10)17(15,16)9-5-2-1-3-6-9;7-10(8,9)6-4-2-1-3-5-6;1-9-6(8)5-3-2-4-7-5;/h1-7,10-13,15-16,18,26,29H,8-9,14,17H2;3-5,7-8,10,15,18,24H,1-2,6,9H2;2-9H,1H3;1-8H,(H,13,14);1-5H;2-4,7H,1H3;1H2/t26-;15-;;;;;/m00...../s1. The van der Waals surface area contributed by atoms with E-state index >= 15 is 0 Å². The van der Waals surface area contributed by atoms with E-state index < -0.39 is 82.5 Å². The second-order valence-electron chi connectivity index (χ2n) is 26.1. The van der Waals surface area contributed by atoms with Gasteiger partial charge in [0.25, 0.3) is 39.1 Å². The second-order valence-corrected chi connectivity index (χ2v) is 35.7. The molecule has 0 amide bonds. The summed E-state index contributed by atoms with van der Waals surface area (Å²) in [6, 6.07) is 51.2. The Morgan fingerprint density at radius 1 is 0.500 bits per heavy atom. The normalized spacial score (nSPS) is 12.8. The number of aliphatic hydroxyl groups is 1. The lowest BCUT2D eigenvalue weighted by atomic mass is 10.0. The molecule has 29 nitrogen and oxygen atoms in total. The molecule has 2 aliphatic rings. The van der Waals surface area contributed by atoms with E-state index in [0.29, 0.717) is 57.7 Å². The van der Waals surface area contributed by atoms with Crippen molar-refractivity contribution < 1.29 is 129 Å². The summed E-state index contributed by atoms with van der Waals surface area (Å²) in [5, 5.41) is 31.5. The summed E-state index contributed by atoms with van der Waals surface area (Å²) in [5.74, 6) is -2.60. The Balaban J connectivity index is 0.000000200. The number of aromatic carboxylic acids is 1. The Morgan fingerprint density at radius 2 is 0.887 bits per heavy atom. The van der Waals surface area contributed by atoms with E-state index in [0.717, 1.165) is 50.0 Å². The van der Waals surface area contributed by atoms with Gasteiger partial charge in [-0.25, -0.2) is 69.8 Å². The third kappa shape index (κ3) is 27.5. The highest BCUT2D eigenvalue weighted by Crippen LogP contribution is 2.40. The summed E-state index contributed by atoms with van der Waals surface area (Å²) in [6.45, 7) is -5.35. The molecule has 2 aliphatic carbocycles. The number of hydrogen-bond donors (Lipinski definition) is 3. The molecule has 2 atom stereocenters. The summed E-state index contributed by atoms with van der Waals surface area (Å²) >= 11 is 24.8. The number of nitrogens with one attached hydrogen (secondary N) is 2. The van der Waals surface area contributed by atoms with E-state index in [9.17, 15) is 80.7 Å². The molecular formula is C82H75Cl5F4N6O23S4. The average Bonchev–Trinajstić information content (AvgIpc) is 1.59. The number of halogens is 9. The molecule has 6 aromatic carbocycles. The Bertz CT molecular complexity index is 6030. The zero-order valence-electron chi connectivity index (χ0n) is 64.7. The first kappa shape index (κ1) is 98.0. The minimum atomic E-state index is -4.12. The maximum absolute atomic E-state index is 13.5. The number of rotatable bonds is 28. The number of aromatic nitrogens is 6. The molecule has 0 bridgehead atoms. The van der Waals surface area contributed by atoms with Gasteiger partial charge >= 0.3 is 37.1 Å². The minimum Gasteiger partial charge on any atom is -0.870 e. The van der Waals surface area contributed by atoms with Crippen molar-refractivity contribution in [1.29, 1.82) is 0 Å². The minimum absolute atomic E-state index is 0. The predicted molar refractivity (Wildman–Crippen MR) is 444 cm³/mol. The zero-order valence-corrected chi connectivity index (χ0v) is 71.7. The number of hydrogen-bond acceptors (Lipinski definition) is 22. The molecule has 658 valence electrons. The van der Waals surface area contributed by atoms with Crippen LogP contribution in [0.5, 0.6) is 23.0 Å². The molecule has 12 aromatic rings. The highest BCUT2D eigenvalue weighted by molar-refractivity contribution is 8.13. The first-order valence-electron chi connectivity index (χ1n) is 36.2. The fourth-order valence-electron chi connectivity index (χ4n) is 10.9. The molecule has 0 saturated heterocycles. The van der Waals surface area contributed by atoms with Crippen molar-refractivity contribution >= 4 is 120 Å². The van der Waals surface area contributed by atoms with Crippen LogP contribution >= 0.6 is 57.1 Å². The van der Waals surface area contributed by atoms with E-state index in [1.165, 1.54) is 167 Å². The van der Waals surface area contributed by atoms with E-state index in [1.54, 1.807) is 91.1 Å². The number of esters is 3. The third-order valence-electron chi connectivity index (χ3n) is 17.4. The van der Waals surface area contributed by atoms with Crippen LogP contribution in [-0.4, -0.2) is 131 Å². The number of ether oxygens (including phenoxy) is 7. The largest absolute Gasteiger partial charge is 0.870 e. The van der Waals surface area contributed by atoms with Gasteiger partial charge in [-0.2, -0.15) is 22.3 Å². The van der Waals surface area contributed by atoms with Crippen molar-refractivity contribution in [2.24, 2.45) is 11.8 Å². The molecule has 124 heavy (non-hydrogen) atoms. The number of nitrogens with zero attached hydrogens (tertiary/aromatic N) is 4. The van der Waals surface area contributed by atoms with Gasteiger partial charge in [-0.15, -0.1) is 0 Å². The highest BCUT2D eigenvalue weighted by Gasteiger charge is 2.32. The number of pyridine rings is 2. The van der Waals surface area contributed by atoms with Crippen LogP contribution in [0.25, 0.3) is 0 Å². The van der Waals surface area contributed by atoms with Gasteiger partial charge < -0.3 is 59.0 Å². The van der Waals surface area contributed by atoms with E-state index in [-0.39, 0.29) is 104 Å². The van der Waals surface area contributed by atoms with E-state index in [1.807, 2.05) is 0 Å². The van der Waals surface area contributed by atoms with Crippen LogP contribution in [0, 0.1) is 17.0 Å². The molecule has 0 aliphatic heterocycles. The van der Waals surface area contributed by atoms with Crippen LogP contribution in [0.3, 0.4) is 0 Å². The van der Waals surface area contributed by atoms with Gasteiger partial charge in [-0.05, 0) is 170 Å². The monoisotopic (exact) mass is 1890 g/mol. The molecule has 14 rings (SSSR count). The Kier molecular flexibility index (Phi) is 35.7. The number of carboxylic acid groups (broad SMARTS) is 1. The fourth-order valence-corrected chi connectivity index (χ4v) is 16.9. The number of alkyl halides is 4. The molecule has 2 fully saturated rings. The lowest BCUT2D eigenvalue weighted by Gasteiger charge is -2.21. The Hall–Kier alpha value is -11.5. The smallest absolute Gasteiger partial charge is 0.387 e. The highest BCUT2D eigenvalue weighted by atomic mass is 35.7. The second kappa shape index (κ2) is 45.2. The van der Waals surface area contributed by atoms with Gasteiger partial charge in [-0.3, -0.25) is 0 Å². The summed E-state index contributed by atoms with van der Waals surface area (Å²) in [7, 11) is -7.66. The Morgan fingerprint density at radius 3 is 1.27 bits per heavy atom. The molecule has 0 unspecified atom stereocenters. The fraction of sp³-hybridized carbons (Fsp3) is 0.195. The van der Waals surface area contributed by atoms with Gasteiger partial charge in [-0.1, -0.05) is 131 Å². The summed E-state index contributed by atoms with van der Waals surface area (Å²) in [4.78, 5) is 52.3. The van der Waals surface area contributed by atoms with Crippen molar-refractivity contribution in [3.8, 4) is 23.0 Å². The number of carbonyl (C=O) groups excluding carboxylic acids is 3. The van der Waals surface area contributed by atoms with Crippen LogP contribution in [0.15, 0.2) is 275 Å². The predicted octanol–water partition coefficient (Wildman–Crippen LogP) is 15.8. The van der Waals surface area contributed by atoms with E-state index in [2.05, 4.69) is 28.9 Å². The molecule has 6 aromatic heterocycles. The number of methoxy groups -OCH3 is 2. The van der Waals surface area contributed by atoms with Crippen molar-refractivity contribution in [3.63, 3.8) is 0 Å². The number of aromatic amines is 2. The number of benzene rings is 6. The maximum Gasteiger partial charge on any atom is 0.387 e. The first-order valence-corrected chi connectivity index (χ1v) is 44.4. The molecule has 42 heteroatoms. The quantitative estimate of drug-likeness (QED) is 0.0102. The summed E-state index contributed by atoms with van der Waals surface area (Å²) < 4.78 is 186. The van der Waals surface area contributed by atoms with Gasteiger partial charge in [0.2, 0.25) is 0 Å². The maximum atomic E-state index is 13.5. The van der Waals surface area contributed by atoms with Crippen LogP contribution in [0.1, 0.15) is 102 Å². The van der Waals surface area contributed by atoms with Crippen molar-refractivity contribution in [2.45, 2.75) is 83.5 Å². The molecule has 2 saturated carbocycles. The van der Waals surface area contributed by atoms with Gasteiger partial charge in [0.15, 0.2) is 47.8 Å². The lowest BCUT2D eigenvalue weighted by molar-refractivity contribution is -0.605. The molecule has 6 heterocycles. The van der Waals surface area contributed by atoms with Crippen LogP contribution in [-0.2, 0) is 66.2 Å². The topological polar surface area (TPSA) is 412 Å². The summed E-state index contributed by atoms with van der Waals surface area (Å²) in [6.07, 6.45) is 12.6. The van der Waals surface area contributed by atoms with Crippen LogP contribution < -0.4 is 28.7 Å². The third-order valence-corrected chi connectivity index (χ3v) is 25.3.